The van der Waals surface area contributed by atoms with Crippen molar-refractivity contribution in [3.05, 3.63) is 28.8 Å². The SMILES string of the molecule is CCCC(COC)Nc1ccc(C#N)cc1Cl. The van der Waals surface area contributed by atoms with E-state index in [-0.39, 0.29) is 6.04 Å². The first-order chi connectivity index (χ1) is 8.21. The van der Waals surface area contributed by atoms with E-state index < -0.39 is 0 Å². The predicted octanol–water partition coefficient (Wildman–Crippen LogP) is 3.44. The molecule has 1 unspecified atom stereocenters. The zero-order valence-electron chi connectivity index (χ0n) is 10.2. The normalized spacial score (nSPS) is 11.9. The minimum Gasteiger partial charge on any atom is -0.383 e. The van der Waals surface area contributed by atoms with Gasteiger partial charge in [-0.1, -0.05) is 24.9 Å². The quantitative estimate of drug-likeness (QED) is 0.844. The van der Waals surface area contributed by atoms with Crippen molar-refractivity contribution in [2.45, 2.75) is 25.8 Å². The third kappa shape index (κ3) is 4.26. The molecule has 0 heterocycles. The molecule has 1 aromatic rings. The first kappa shape index (κ1) is 13.8. The molecule has 0 fully saturated rings. The smallest absolute Gasteiger partial charge is 0.0992 e. The van der Waals surface area contributed by atoms with Gasteiger partial charge in [-0.3, -0.25) is 0 Å². The summed E-state index contributed by atoms with van der Waals surface area (Å²) in [5.41, 5.74) is 1.42. The summed E-state index contributed by atoms with van der Waals surface area (Å²) in [7, 11) is 1.69. The number of anilines is 1. The van der Waals surface area contributed by atoms with Crippen LogP contribution in [-0.4, -0.2) is 19.8 Å². The van der Waals surface area contributed by atoms with Gasteiger partial charge in [0.05, 0.1) is 28.9 Å². The van der Waals surface area contributed by atoms with E-state index in [1.54, 1.807) is 19.2 Å². The van der Waals surface area contributed by atoms with E-state index in [4.69, 9.17) is 21.6 Å². The van der Waals surface area contributed by atoms with Crippen LogP contribution in [0.25, 0.3) is 0 Å². The van der Waals surface area contributed by atoms with E-state index in [9.17, 15) is 0 Å². The molecule has 4 heteroatoms. The van der Waals surface area contributed by atoms with Crippen LogP contribution in [0.5, 0.6) is 0 Å². The summed E-state index contributed by atoms with van der Waals surface area (Å²) in [6.07, 6.45) is 2.10. The van der Waals surface area contributed by atoms with Crippen LogP contribution in [0.1, 0.15) is 25.3 Å². The molecule has 92 valence electrons. The highest BCUT2D eigenvalue weighted by molar-refractivity contribution is 6.33. The van der Waals surface area contributed by atoms with Gasteiger partial charge >= 0.3 is 0 Å². The minimum atomic E-state index is 0.246. The number of benzene rings is 1. The van der Waals surface area contributed by atoms with Crippen molar-refractivity contribution >= 4 is 17.3 Å². The maximum absolute atomic E-state index is 8.75. The molecule has 0 radical (unpaired) electrons. The van der Waals surface area contributed by atoms with Crippen LogP contribution in [0.4, 0.5) is 5.69 Å². The van der Waals surface area contributed by atoms with Crippen molar-refractivity contribution in [1.29, 1.82) is 5.26 Å². The number of ether oxygens (including phenoxy) is 1. The predicted molar refractivity (Wildman–Crippen MR) is 70.4 cm³/mol. The third-order valence-corrected chi connectivity index (χ3v) is 2.78. The topological polar surface area (TPSA) is 45.0 Å². The second-order valence-electron chi connectivity index (χ2n) is 3.89. The van der Waals surface area contributed by atoms with Crippen LogP contribution >= 0.6 is 11.6 Å². The number of nitrogens with zero attached hydrogens (tertiary/aromatic N) is 1. The van der Waals surface area contributed by atoms with E-state index >= 15 is 0 Å². The monoisotopic (exact) mass is 252 g/mol. The molecule has 0 saturated carbocycles. The Morgan fingerprint density at radius 3 is 2.82 bits per heavy atom. The molecular weight excluding hydrogens is 236 g/mol. The van der Waals surface area contributed by atoms with Crippen molar-refractivity contribution in [1.82, 2.24) is 0 Å². The Kier molecular flexibility index (Phi) is 5.82. The second-order valence-corrected chi connectivity index (χ2v) is 4.30. The summed E-state index contributed by atoms with van der Waals surface area (Å²) in [6.45, 7) is 2.77. The van der Waals surface area contributed by atoms with Crippen molar-refractivity contribution in [2.75, 3.05) is 19.0 Å². The highest BCUT2D eigenvalue weighted by Crippen LogP contribution is 2.24. The third-order valence-electron chi connectivity index (χ3n) is 2.46. The lowest BCUT2D eigenvalue weighted by molar-refractivity contribution is 0.182. The van der Waals surface area contributed by atoms with E-state index in [1.807, 2.05) is 6.07 Å². The summed E-state index contributed by atoms with van der Waals surface area (Å²) in [5, 5.41) is 12.7. The van der Waals surface area contributed by atoms with Gasteiger partial charge in [-0.15, -0.1) is 0 Å². The summed E-state index contributed by atoms with van der Waals surface area (Å²) in [4.78, 5) is 0. The average molecular weight is 253 g/mol. The van der Waals surface area contributed by atoms with Gasteiger partial charge in [0.25, 0.3) is 0 Å². The number of hydrogen-bond acceptors (Lipinski definition) is 3. The first-order valence-corrected chi connectivity index (χ1v) is 6.04. The number of halogens is 1. The number of nitrogens with one attached hydrogen (secondary N) is 1. The van der Waals surface area contributed by atoms with Crippen LogP contribution in [0.3, 0.4) is 0 Å². The van der Waals surface area contributed by atoms with Crippen LogP contribution in [0.2, 0.25) is 5.02 Å². The molecule has 0 aromatic heterocycles. The molecule has 0 bridgehead atoms. The Morgan fingerprint density at radius 2 is 2.29 bits per heavy atom. The van der Waals surface area contributed by atoms with Gasteiger partial charge < -0.3 is 10.1 Å². The molecule has 0 spiro atoms. The maximum Gasteiger partial charge on any atom is 0.0992 e. The van der Waals surface area contributed by atoms with Gasteiger partial charge in [-0.2, -0.15) is 5.26 Å². The molecule has 0 saturated heterocycles. The molecule has 0 aliphatic rings. The lowest BCUT2D eigenvalue weighted by Gasteiger charge is -2.19. The standard InChI is InChI=1S/C13H17ClN2O/c1-3-4-11(9-17-2)16-13-6-5-10(8-15)7-12(13)14/h5-7,11,16H,3-4,9H2,1-2H3. The molecule has 3 nitrogen and oxygen atoms in total. The fraction of sp³-hybridized carbons (Fsp3) is 0.462. The molecular formula is C13H17ClN2O. The zero-order chi connectivity index (χ0) is 12.7. The Bertz CT molecular complexity index is 395. The highest BCUT2D eigenvalue weighted by Gasteiger charge is 2.09. The van der Waals surface area contributed by atoms with Gasteiger partial charge in [0.15, 0.2) is 0 Å². The van der Waals surface area contributed by atoms with Gasteiger partial charge in [0.2, 0.25) is 0 Å². The van der Waals surface area contributed by atoms with Crippen LogP contribution < -0.4 is 5.32 Å². The van der Waals surface area contributed by atoms with E-state index in [2.05, 4.69) is 18.3 Å². The molecule has 17 heavy (non-hydrogen) atoms. The second kappa shape index (κ2) is 7.16. The molecule has 1 rings (SSSR count). The van der Waals surface area contributed by atoms with Gasteiger partial charge in [-0.25, -0.2) is 0 Å². The summed E-state index contributed by atoms with van der Waals surface area (Å²) < 4.78 is 5.16. The lowest BCUT2D eigenvalue weighted by atomic mass is 10.1. The Balaban J connectivity index is 2.75. The van der Waals surface area contributed by atoms with Gasteiger partial charge in [0.1, 0.15) is 0 Å². The number of hydrogen-bond donors (Lipinski definition) is 1. The maximum atomic E-state index is 8.75. The average Bonchev–Trinajstić information content (AvgIpc) is 2.32. The molecule has 1 aromatic carbocycles. The number of rotatable bonds is 6. The molecule has 1 atom stereocenters. The Labute approximate surface area is 107 Å². The van der Waals surface area contributed by atoms with Crippen molar-refractivity contribution in [3.8, 4) is 6.07 Å². The zero-order valence-corrected chi connectivity index (χ0v) is 10.9. The molecule has 1 N–H and O–H groups in total. The molecule has 0 aliphatic carbocycles. The van der Waals surface area contributed by atoms with Crippen LogP contribution in [-0.2, 0) is 4.74 Å². The Hall–Kier alpha value is -1.24. The van der Waals surface area contributed by atoms with Gasteiger partial charge in [-0.05, 0) is 24.6 Å². The fourth-order valence-electron chi connectivity index (χ4n) is 1.67. The van der Waals surface area contributed by atoms with Gasteiger partial charge in [0, 0.05) is 13.2 Å². The minimum absolute atomic E-state index is 0.246. The molecule has 0 aliphatic heterocycles. The highest BCUT2D eigenvalue weighted by atomic mass is 35.5. The van der Waals surface area contributed by atoms with E-state index in [0.717, 1.165) is 18.5 Å². The van der Waals surface area contributed by atoms with Crippen LogP contribution in [0, 0.1) is 11.3 Å². The summed E-state index contributed by atoms with van der Waals surface area (Å²) in [6, 6.07) is 7.56. The first-order valence-electron chi connectivity index (χ1n) is 5.66. The fourth-order valence-corrected chi connectivity index (χ4v) is 1.90. The Morgan fingerprint density at radius 1 is 1.53 bits per heavy atom. The van der Waals surface area contributed by atoms with E-state index in [0.29, 0.717) is 17.2 Å². The van der Waals surface area contributed by atoms with Crippen molar-refractivity contribution in [3.63, 3.8) is 0 Å². The largest absolute Gasteiger partial charge is 0.383 e. The van der Waals surface area contributed by atoms with Crippen molar-refractivity contribution < 1.29 is 4.74 Å². The van der Waals surface area contributed by atoms with Crippen LogP contribution in [0.15, 0.2) is 18.2 Å². The number of nitriles is 1. The van der Waals surface area contributed by atoms with E-state index in [1.165, 1.54) is 0 Å². The lowest BCUT2D eigenvalue weighted by Crippen LogP contribution is -2.24. The molecule has 0 amide bonds. The summed E-state index contributed by atoms with van der Waals surface area (Å²) >= 11 is 6.10. The van der Waals surface area contributed by atoms with Crippen molar-refractivity contribution in [2.24, 2.45) is 0 Å². The number of methoxy groups -OCH3 is 1. The summed E-state index contributed by atoms with van der Waals surface area (Å²) in [5.74, 6) is 0.